The lowest BCUT2D eigenvalue weighted by Crippen LogP contribution is -2.50. The molecule has 1 aliphatic heterocycles. The third-order valence-corrected chi connectivity index (χ3v) is 14.7. The fourth-order valence-electron chi connectivity index (χ4n) is 8.82. The summed E-state index contributed by atoms with van der Waals surface area (Å²) in [7, 11) is -2.06. The SMILES string of the molecule is CC1(C)c2ccccc2-c2c1ccc1c3ccccc3n(-c3ccc(-c4nc(-c5ccccc5)nc5c4[Si](C)(C)c4ccccc4-5)cc3)c21. The highest BCUT2D eigenvalue weighted by Crippen LogP contribution is 2.52. The molecule has 1 aliphatic carbocycles. The second kappa shape index (κ2) is 9.97. The molecule has 2 aromatic heterocycles. The summed E-state index contributed by atoms with van der Waals surface area (Å²) in [6, 6.07) is 50.9. The fourth-order valence-corrected chi connectivity index (χ4v) is 12.1. The van der Waals surface area contributed by atoms with E-state index < -0.39 is 8.07 Å². The zero-order valence-corrected chi connectivity index (χ0v) is 29.1. The minimum Gasteiger partial charge on any atom is -0.309 e. The van der Waals surface area contributed by atoms with Crippen molar-refractivity contribution in [3.05, 3.63) is 151 Å². The molecule has 6 aromatic carbocycles. The van der Waals surface area contributed by atoms with Crippen LogP contribution >= 0.6 is 0 Å². The topological polar surface area (TPSA) is 30.7 Å². The van der Waals surface area contributed by atoms with Crippen molar-refractivity contribution in [1.82, 2.24) is 14.5 Å². The van der Waals surface area contributed by atoms with Crippen molar-refractivity contribution in [2.75, 3.05) is 0 Å². The maximum absolute atomic E-state index is 5.36. The van der Waals surface area contributed by atoms with Gasteiger partial charge in [-0.2, -0.15) is 0 Å². The number of rotatable bonds is 3. The van der Waals surface area contributed by atoms with Crippen molar-refractivity contribution in [2.45, 2.75) is 32.4 Å². The molecule has 0 unspecified atom stereocenters. The summed E-state index contributed by atoms with van der Waals surface area (Å²) >= 11 is 0. The monoisotopic (exact) mass is 645 g/mol. The van der Waals surface area contributed by atoms with Gasteiger partial charge in [0.05, 0.1) is 22.4 Å². The fraction of sp³-hybridized carbons (Fsp3) is 0.111. The molecule has 0 radical (unpaired) electrons. The van der Waals surface area contributed by atoms with E-state index in [0.717, 1.165) is 34.0 Å². The lowest BCUT2D eigenvalue weighted by molar-refractivity contribution is 0.661. The van der Waals surface area contributed by atoms with E-state index in [-0.39, 0.29) is 5.41 Å². The molecule has 0 saturated carbocycles. The normalized spacial score (nSPS) is 14.9. The van der Waals surface area contributed by atoms with Crippen molar-refractivity contribution >= 4 is 40.3 Å². The maximum atomic E-state index is 5.36. The molecular weight excluding hydrogens is 611 g/mol. The van der Waals surface area contributed by atoms with Crippen molar-refractivity contribution < 1.29 is 0 Å². The highest BCUT2D eigenvalue weighted by atomic mass is 28.3. The minimum absolute atomic E-state index is 0.0661. The summed E-state index contributed by atoms with van der Waals surface area (Å²) in [5, 5.41) is 5.33. The quantitative estimate of drug-likeness (QED) is 0.179. The Morgan fingerprint density at radius 3 is 2.04 bits per heavy atom. The highest BCUT2D eigenvalue weighted by Gasteiger charge is 2.42. The maximum Gasteiger partial charge on any atom is 0.160 e. The summed E-state index contributed by atoms with van der Waals surface area (Å²) < 4.78 is 2.49. The van der Waals surface area contributed by atoms with E-state index in [1.165, 1.54) is 60.0 Å². The van der Waals surface area contributed by atoms with E-state index in [1.807, 2.05) is 6.07 Å². The molecule has 4 heteroatoms. The molecule has 0 bridgehead atoms. The van der Waals surface area contributed by atoms with Crippen LogP contribution in [0.1, 0.15) is 25.0 Å². The van der Waals surface area contributed by atoms with Crippen LogP contribution in [0.3, 0.4) is 0 Å². The second-order valence-corrected chi connectivity index (χ2v) is 18.9. The number of aromatic nitrogens is 3. The van der Waals surface area contributed by atoms with Gasteiger partial charge < -0.3 is 4.57 Å². The molecule has 10 rings (SSSR count). The van der Waals surface area contributed by atoms with Crippen LogP contribution in [0.5, 0.6) is 0 Å². The number of para-hydroxylation sites is 1. The van der Waals surface area contributed by atoms with Crippen LogP contribution in [0, 0.1) is 0 Å². The first-order valence-electron chi connectivity index (χ1n) is 17.2. The number of nitrogens with zero attached hydrogens (tertiary/aromatic N) is 3. The van der Waals surface area contributed by atoms with Crippen molar-refractivity contribution in [3.8, 4) is 50.7 Å². The van der Waals surface area contributed by atoms with Crippen LogP contribution in [-0.2, 0) is 5.41 Å². The highest BCUT2D eigenvalue weighted by molar-refractivity contribution is 7.04. The Hall–Kier alpha value is -5.58. The van der Waals surface area contributed by atoms with Gasteiger partial charge in [-0.3, -0.25) is 0 Å². The van der Waals surface area contributed by atoms with Gasteiger partial charge in [0.15, 0.2) is 5.82 Å². The average Bonchev–Trinajstić information content (AvgIpc) is 3.69. The Labute approximate surface area is 287 Å². The Morgan fingerprint density at radius 2 is 1.22 bits per heavy atom. The Bertz CT molecular complexity index is 2650. The first kappa shape index (κ1) is 28.4. The van der Waals surface area contributed by atoms with Crippen molar-refractivity contribution in [1.29, 1.82) is 0 Å². The predicted molar refractivity (Wildman–Crippen MR) is 207 cm³/mol. The smallest absolute Gasteiger partial charge is 0.160 e. The molecule has 0 fully saturated rings. The van der Waals surface area contributed by atoms with Crippen LogP contribution in [0.25, 0.3) is 72.5 Å². The zero-order valence-electron chi connectivity index (χ0n) is 28.1. The lowest BCUT2D eigenvalue weighted by Gasteiger charge is -2.22. The lowest BCUT2D eigenvalue weighted by atomic mass is 9.82. The van der Waals surface area contributed by atoms with Crippen LogP contribution in [0.15, 0.2) is 140 Å². The van der Waals surface area contributed by atoms with Gasteiger partial charge in [-0.1, -0.05) is 148 Å². The molecule has 0 amide bonds. The molecule has 0 atom stereocenters. The predicted octanol–water partition coefficient (Wildman–Crippen LogP) is 10.0. The third kappa shape index (κ3) is 3.83. The summed E-state index contributed by atoms with van der Waals surface area (Å²) in [6.45, 7) is 9.61. The van der Waals surface area contributed by atoms with Crippen LogP contribution < -0.4 is 10.4 Å². The van der Waals surface area contributed by atoms with Gasteiger partial charge in [0.25, 0.3) is 0 Å². The molecule has 234 valence electrons. The van der Waals surface area contributed by atoms with E-state index in [2.05, 4.69) is 165 Å². The number of fused-ring (bicyclic) bond motifs is 10. The first-order valence-corrected chi connectivity index (χ1v) is 20.2. The van der Waals surface area contributed by atoms with Crippen molar-refractivity contribution in [3.63, 3.8) is 0 Å². The molecule has 0 N–H and O–H groups in total. The second-order valence-electron chi connectivity index (χ2n) is 14.6. The molecule has 3 heterocycles. The Balaban J connectivity index is 1.21. The van der Waals surface area contributed by atoms with E-state index in [9.17, 15) is 0 Å². The number of benzene rings is 6. The van der Waals surface area contributed by atoms with Gasteiger partial charge in [0.1, 0.15) is 8.07 Å². The van der Waals surface area contributed by atoms with Crippen LogP contribution in [-0.4, -0.2) is 22.6 Å². The minimum atomic E-state index is -2.06. The van der Waals surface area contributed by atoms with Gasteiger partial charge in [-0.05, 0) is 50.8 Å². The molecule has 0 saturated heterocycles. The number of hydrogen-bond acceptors (Lipinski definition) is 2. The van der Waals surface area contributed by atoms with E-state index in [0.29, 0.717) is 0 Å². The summed E-state index contributed by atoms with van der Waals surface area (Å²) in [6.07, 6.45) is 0. The average molecular weight is 646 g/mol. The summed E-state index contributed by atoms with van der Waals surface area (Å²) in [5.41, 5.74) is 14.6. The molecule has 2 aliphatic rings. The standard InChI is InChI=1S/C45H35N3Si/c1-45(2)35-19-11-8-17-33(35)39-36(45)27-26-32-31-16-9-12-20-37(31)48(42(32)39)30-24-22-28(23-25-30)40-43-41(34-18-10-13-21-38(34)49(43,3)4)47-44(46-40)29-14-6-5-7-15-29/h5-27H,1-4H3. The summed E-state index contributed by atoms with van der Waals surface area (Å²) in [5.74, 6) is 0.777. The van der Waals surface area contributed by atoms with E-state index in [1.54, 1.807) is 0 Å². The summed E-state index contributed by atoms with van der Waals surface area (Å²) in [4.78, 5) is 10.6. The Morgan fingerprint density at radius 1 is 0.551 bits per heavy atom. The first-order chi connectivity index (χ1) is 23.8. The van der Waals surface area contributed by atoms with Gasteiger partial charge in [-0.25, -0.2) is 9.97 Å². The molecule has 49 heavy (non-hydrogen) atoms. The molecule has 0 spiro atoms. The van der Waals surface area contributed by atoms with Gasteiger partial charge in [0.2, 0.25) is 0 Å². The number of hydrogen-bond donors (Lipinski definition) is 0. The van der Waals surface area contributed by atoms with Crippen LogP contribution in [0.4, 0.5) is 0 Å². The molecular formula is C45H35N3Si. The molecule has 8 aromatic rings. The van der Waals surface area contributed by atoms with Gasteiger partial charge in [0, 0.05) is 38.6 Å². The largest absolute Gasteiger partial charge is 0.309 e. The van der Waals surface area contributed by atoms with Crippen LogP contribution in [0.2, 0.25) is 13.1 Å². The van der Waals surface area contributed by atoms with E-state index >= 15 is 0 Å². The van der Waals surface area contributed by atoms with Gasteiger partial charge >= 0.3 is 0 Å². The zero-order chi connectivity index (χ0) is 33.1. The Kier molecular flexibility index (Phi) is 5.79. The van der Waals surface area contributed by atoms with E-state index in [4.69, 9.17) is 9.97 Å². The van der Waals surface area contributed by atoms with Crippen molar-refractivity contribution in [2.24, 2.45) is 0 Å². The van der Waals surface area contributed by atoms with Gasteiger partial charge in [-0.15, -0.1) is 0 Å². The molecule has 3 nitrogen and oxygen atoms in total. The third-order valence-electron chi connectivity index (χ3n) is 11.2.